The SMILES string of the molecule is CC(=O)NC[C@H](C)CC(=O)O. The van der Waals surface area contributed by atoms with Crippen LogP contribution in [0.2, 0.25) is 0 Å². The van der Waals surface area contributed by atoms with Crippen LogP contribution in [0.1, 0.15) is 20.3 Å². The Morgan fingerprint density at radius 2 is 2.09 bits per heavy atom. The van der Waals surface area contributed by atoms with Crippen molar-refractivity contribution < 1.29 is 14.7 Å². The number of carbonyl (C=O) groups is 2. The van der Waals surface area contributed by atoms with E-state index in [9.17, 15) is 9.59 Å². The summed E-state index contributed by atoms with van der Waals surface area (Å²) < 4.78 is 0. The summed E-state index contributed by atoms with van der Waals surface area (Å²) in [6.07, 6.45) is 0.0975. The number of carboxylic acid groups (broad SMARTS) is 1. The Morgan fingerprint density at radius 1 is 1.55 bits per heavy atom. The molecule has 11 heavy (non-hydrogen) atoms. The number of nitrogens with one attached hydrogen (secondary N) is 1. The van der Waals surface area contributed by atoms with Gasteiger partial charge in [-0.25, -0.2) is 0 Å². The van der Waals surface area contributed by atoms with Crippen LogP contribution in [0.25, 0.3) is 0 Å². The number of carbonyl (C=O) groups excluding carboxylic acids is 1. The van der Waals surface area contributed by atoms with Gasteiger partial charge in [0.05, 0.1) is 0 Å². The van der Waals surface area contributed by atoms with Crippen LogP contribution in [0, 0.1) is 5.92 Å². The van der Waals surface area contributed by atoms with Crippen molar-refractivity contribution in [3.63, 3.8) is 0 Å². The number of hydrogen-bond acceptors (Lipinski definition) is 2. The van der Waals surface area contributed by atoms with Gasteiger partial charge in [-0.3, -0.25) is 9.59 Å². The number of aliphatic carboxylic acids is 1. The number of amides is 1. The molecule has 0 fully saturated rings. The number of hydrogen-bond donors (Lipinski definition) is 2. The molecule has 0 radical (unpaired) electrons. The summed E-state index contributed by atoms with van der Waals surface area (Å²) in [5.74, 6) is -0.957. The van der Waals surface area contributed by atoms with E-state index in [1.165, 1.54) is 6.92 Å². The monoisotopic (exact) mass is 159 g/mol. The van der Waals surface area contributed by atoms with Crippen molar-refractivity contribution in [1.82, 2.24) is 5.32 Å². The van der Waals surface area contributed by atoms with Crippen molar-refractivity contribution in [2.75, 3.05) is 6.54 Å². The lowest BCUT2D eigenvalue weighted by molar-refractivity contribution is -0.138. The molecule has 0 aliphatic heterocycles. The summed E-state index contributed by atoms with van der Waals surface area (Å²) in [6.45, 7) is 3.62. The number of rotatable bonds is 4. The molecule has 4 heteroatoms. The van der Waals surface area contributed by atoms with E-state index in [1.807, 2.05) is 0 Å². The van der Waals surface area contributed by atoms with E-state index in [0.717, 1.165) is 0 Å². The molecule has 4 nitrogen and oxygen atoms in total. The van der Waals surface area contributed by atoms with Crippen LogP contribution in [0.4, 0.5) is 0 Å². The fourth-order valence-electron chi connectivity index (χ4n) is 0.688. The minimum absolute atomic E-state index is 0.00333. The molecule has 0 saturated heterocycles. The van der Waals surface area contributed by atoms with Gasteiger partial charge in [0.25, 0.3) is 0 Å². The molecule has 0 aromatic carbocycles. The summed E-state index contributed by atoms with van der Waals surface area (Å²) in [4.78, 5) is 20.5. The van der Waals surface area contributed by atoms with Crippen LogP contribution in [-0.4, -0.2) is 23.5 Å². The van der Waals surface area contributed by atoms with E-state index in [-0.39, 0.29) is 18.2 Å². The number of carboxylic acids is 1. The highest BCUT2D eigenvalue weighted by molar-refractivity contribution is 5.73. The van der Waals surface area contributed by atoms with Crippen molar-refractivity contribution >= 4 is 11.9 Å². The van der Waals surface area contributed by atoms with E-state index >= 15 is 0 Å². The topological polar surface area (TPSA) is 66.4 Å². The Balaban J connectivity index is 3.44. The van der Waals surface area contributed by atoms with Crippen molar-refractivity contribution in [2.24, 2.45) is 5.92 Å². The molecular formula is C7H13NO3. The van der Waals surface area contributed by atoms with Crippen LogP contribution in [0.5, 0.6) is 0 Å². The van der Waals surface area contributed by atoms with Crippen LogP contribution < -0.4 is 5.32 Å². The Labute approximate surface area is 65.6 Å². The van der Waals surface area contributed by atoms with Gasteiger partial charge in [-0.15, -0.1) is 0 Å². The lowest BCUT2D eigenvalue weighted by Gasteiger charge is -2.07. The zero-order valence-corrected chi connectivity index (χ0v) is 6.76. The summed E-state index contributed by atoms with van der Waals surface area (Å²) in [7, 11) is 0. The van der Waals surface area contributed by atoms with Gasteiger partial charge >= 0.3 is 5.97 Å². The molecule has 64 valence electrons. The van der Waals surface area contributed by atoms with Gasteiger partial charge in [0.2, 0.25) is 5.91 Å². The fraction of sp³-hybridized carbons (Fsp3) is 0.714. The molecule has 0 aromatic rings. The summed E-state index contributed by atoms with van der Waals surface area (Å²) >= 11 is 0. The van der Waals surface area contributed by atoms with E-state index in [2.05, 4.69) is 5.32 Å². The van der Waals surface area contributed by atoms with Gasteiger partial charge in [-0.1, -0.05) is 6.92 Å². The van der Waals surface area contributed by atoms with Crippen LogP contribution >= 0.6 is 0 Å². The standard InChI is InChI=1S/C7H13NO3/c1-5(3-7(10)11)4-8-6(2)9/h5H,3-4H2,1-2H3,(H,8,9)(H,10,11)/t5-/m1/s1. The minimum atomic E-state index is -0.831. The van der Waals surface area contributed by atoms with Gasteiger partial charge in [0.1, 0.15) is 0 Å². The van der Waals surface area contributed by atoms with Gasteiger partial charge in [-0.2, -0.15) is 0 Å². The van der Waals surface area contributed by atoms with E-state index in [4.69, 9.17) is 5.11 Å². The second-order valence-electron chi connectivity index (χ2n) is 2.64. The molecule has 0 aliphatic carbocycles. The molecule has 0 unspecified atom stereocenters. The first-order valence-corrected chi connectivity index (χ1v) is 3.48. The zero-order valence-electron chi connectivity index (χ0n) is 6.76. The molecule has 0 heterocycles. The van der Waals surface area contributed by atoms with Gasteiger partial charge in [-0.05, 0) is 5.92 Å². The zero-order chi connectivity index (χ0) is 8.85. The average Bonchev–Trinajstić information content (AvgIpc) is 1.82. The molecule has 2 N–H and O–H groups in total. The third-order valence-electron chi connectivity index (χ3n) is 1.22. The maximum Gasteiger partial charge on any atom is 0.303 e. The second kappa shape index (κ2) is 4.71. The lowest BCUT2D eigenvalue weighted by atomic mass is 10.1. The van der Waals surface area contributed by atoms with Crippen molar-refractivity contribution in [1.29, 1.82) is 0 Å². The summed E-state index contributed by atoms with van der Waals surface area (Å²) in [5.41, 5.74) is 0. The largest absolute Gasteiger partial charge is 0.481 e. The highest BCUT2D eigenvalue weighted by Crippen LogP contribution is 1.98. The minimum Gasteiger partial charge on any atom is -0.481 e. The lowest BCUT2D eigenvalue weighted by Crippen LogP contribution is -2.26. The third-order valence-corrected chi connectivity index (χ3v) is 1.22. The smallest absolute Gasteiger partial charge is 0.303 e. The van der Waals surface area contributed by atoms with Gasteiger partial charge in [0.15, 0.2) is 0 Å². The molecule has 0 aliphatic rings. The molecule has 0 spiro atoms. The Morgan fingerprint density at radius 3 is 2.45 bits per heavy atom. The molecule has 0 saturated carbocycles. The van der Waals surface area contributed by atoms with E-state index in [1.54, 1.807) is 6.92 Å². The molecule has 0 aromatic heterocycles. The highest BCUT2D eigenvalue weighted by atomic mass is 16.4. The van der Waals surface area contributed by atoms with Crippen molar-refractivity contribution in [2.45, 2.75) is 20.3 Å². The molecular weight excluding hydrogens is 146 g/mol. The highest BCUT2D eigenvalue weighted by Gasteiger charge is 2.06. The Bertz CT molecular complexity index is 156. The Kier molecular flexibility index (Phi) is 4.26. The van der Waals surface area contributed by atoms with Crippen LogP contribution in [0.15, 0.2) is 0 Å². The predicted octanol–water partition coefficient (Wildman–Crippen LogP) is 0.233. The van der Waals surface area contributed by atoms with Crippen LogP contribution in [-0.2, 0) is 9.59 Å². The van der Waals surface area contributed by atoms with Crippen LogP contribution in [0.3, 0.4) is 0 Å². The summed E-state index contributed by atoms with van der Waals surface area (Å²) in [6, 6.07) is 0. The average molecular weight is 159 g/mol. The Hall–Kier alpha value is -1.06. The first kappa shape index (κ1) is 9.94. The maximum absolute atomic E-state index is 10.4. The third kappa shape index (κ3) is 6.83. The van der Waals surface area contributed by atoms with Crippen molar-refractivity contribution in [3.05, 3.63) is 0 Å². The quantitative estimate of drug-likeness (QED) is 0.617. The second-order valence-corrected chi connectivity index (χ2v) is 2.64. The molecule has 0 rings (SSSR count). The predicted molar refractivity (Wildman–Crippen MR) is 40.1 cm³/mol. The molecule has 1 amide bonds. The summed E-state index contributed by atoms with van der Waals surface area (Å²) in [5, 5.41) is 10.9. The normalized spacial score (nSPS) is 12.2. The first-order chi connectivity index (χ1) is 5.02. The van der Waals surface area contributed by atoms with E-state index < -0.39 is 5.97 Å². The first-order valence-electron chi connectivity index (χ1n) is 3.48. The van der Waals surface area contributed by atoms with Gasteiger partial charge < -0.3 is 10.4 Å². The fourth-order valence-corrected chi connectivity index (χ4v) is 0.688. The van der Waals surface area contributed by atoms with Crippen molar-refractivity contribution in [3.8, 4) is 0 Å². The van der Waals surface area contributed by atoms with E-state index in [0.29, 0.717) is 6.54 Å². The van der Waals surface area contributed by atoms with Gasteiger partial charge in [0, 0.05) is 19.9 Å². The maximum atomic E-state index is 10.4. The molecule has 1 atom stereocenters. The molecule has 0 bridgehead atoms.